The van der Waals surface area contributed by atoms with Gasteiger partial charge in [0.25, 0.3) is 11.6 Å². The summed E-state index contributed by atoms with van der Waals surface area (Å²) in [6, 6.07) is 4.55. The Morgan fingerprint density at radius 2 is 1.96 bits per heavy atom. The molecule has 8 nitrogen and oxygen atoms in total. The van der Waals surface area contributed by atoms with E-state index < -0.39 is 22.4 Å². The largest absolute Gasteiger partial charge is 0.348 e. The van der Waals surface area contributed by atoms with Crippen LogP contribution in [0.2, 0.25) is 0 Å². The number of carbonyl (C=O) groups is 2. The molecule has 1 atom stereocenters. The number of nitrogens with zero attached hydrogens (tertiary/aromatic N) is 1. The number of nitro groups is 1. The van der Waals surface area contributed by atoms with Crippen LogP contribution in [0.3, 0.4) is 0 Å². The average molecular weight is 336 g/mol. The lowest BCUT2D eigenvalue weighted by atomic mass is 9.92. The third-order valence-corrected chi connectivity index (χ3v) is 4.19. The van der Waals surface area contributed by atoms with Gasteiger partial charge < -0.3 is 16.4 Å². The Balaban J connectivity index is 2.78. The van der Waals surface area contributed by atoms with Gasteiger partial charge in [-0.05, 0) is 25.8 Å². The third kappa shape index (κ3) is 4.76. The fourth-order valence-corrected chi connectivity index (χ4v) is 2.24. The molecule has 0 saturated heterocycles. The first-order valence-corrected chi connectivity index (χ1v) is 7.86. The van der Waals surface area contributed by atoms with Crippen molar-refractivity contribution in [2.75, 3.05) is 6.54 Å². The highest BCUT2D eigenvalue weighted by Gasteiger charge is 2.29. The molecule has 132 valence electrons. The van der Waals surface area contributed by atoms with E-state index in [9.17, 15) is 19.7 Å². The number of non-ortho nitro benzene ring substituents is 1. The Kier molecular flexibility index (Phi) is 6.84. The summed E-state index contributed by atoms with van der Waals surface area (Å²) in [5.41, 5.74) is 5.19. The standard InChI is InChI=1S/C16H24N4O4/c1-4-16(5-2,10-17)19-14(21)11(3)18-15(22)12-7-6-8-13(9-12)20(23)24/h6-9,11H,4-5,10,17H2,1-3H3,(H,18,22)(H,19,21). The van der Waals surface area contributed by atoms with Crippen molar-refractivity contribution in [1.82, 2.24) is 10.6 Å². The molecule has 1 aromatic rings. The van der Waals surface area contributed by atoms with Crippen molar-refractivity contribution in [2.24, 2.45) is 5.73 Å². The van der Waals surface area contributed by atoms with Gasteiger partial charge in [-0.3, -0.25) is 19.7 Å². The van der Waals surface area contributed by atoms with Crippen LogP contribution in [0.5, 0.6) is 0 Å². The van der Waals surface area contributed by atoms with E-state index in [1.807, 2.05) is 13.8 Å². The summed E-state index contributed by atoms with van der Waals surface area (Å²) >= 11 is 0. The van der Waals surface area contributed by atoms with Crippen molar-refractivity contribution < 1.29 is 14.5 Å². The number of nitro benzene ring substituents is 1. The first-order chi connectivity index (χ1) is 11.3. The molecule has 2 amide bonds. The topological polar surface area (TPSA) is 127 Å². The zero-order valence-electron chi connectivity index (χ0n) is 14.2. The van der Waals surface area contributed by atoms with Crippen molar-refractivity contribution in [3.8, 4) is 0 Å². The molecule has 0 spiro atoms. The van der Waals surface area contributed by atoms with Crippen LogP contribution in [-0.4, -0.2) is 34.9 Å². The number of nitrogens with one attached hydrogen (secondary N) is 2. The monoisotopic (exact) mass is 336 g/mol. The van der Waals surface area contributed by atoms with Crippen LogP contribution in [0.4, 0.5) is 5.69 Å². The fraction of sp³-hybridized carbons (Fsp3) is 0.500. The molecule has 0 aromatic heterocycles. The predicted molar refractivity (Wildman–Crippen MR) is 90.5 cm³/mol. The Morgan fingerprint density at radius 1 is 1.33 bits per heavy atom. The van der Waals surface area contributed by atoms with Crippen LogP contribution in [0.1, 0.15) is 44.0 Å². The first kappa shape index (κ1) is 19.6. The molecule has 0 aliphatic heterocycles. The van der Waals surface area contributed by atoms with Gasteiger partial charge in [0.2, 0.25) is 5.91 Å². The zero-order valence-corrected chi connectivity index (χ0v) is 14.2. The molecule has 4 N–H and O–H groups in total. The first-order valence-electron chi connectivity index (χ1n) is 7.86. The molecule has 24 heavy (non-hydrogen) atoms. The van der Waals surface area contributed by atoms with E-state index in [0.29, 0.717) is 19.4 Å². The van der Waals surface area contributed by atoms with Crippen LogP contribution in [0.15, 0.2) is 24.3 Å². The van der Waals surface area contributed by atoms with E-state index in [2.05, 4.69) is 10.6 Å². The van der Waals surface area contributed by atoms with Gasteiger partial charge in [0, 0.05) is 24.2 Å². The predicted octanol–water partition coefficient (Wildman–Crippen LogP) is 1.35. The summed E-state index contributed by atoms with van der Waals surface area (Å²) in [4.78, 5) is 34.6. The number of hydrogen-bond acceptors (Lipinski definition) is 5. The minimum atomic E-state index is -0.791. The highest BCUT2D eigenvalue weighted by molar-refractivity contribution is 5.97. The van der Waals surface area contributed by atoms with Crippen molar-refractivity contribution in [2.45, 2.75) is 45.2 Å². The highest BCUT2D eigenvalue weighted by atomic mass is 16.6. The van der Waals surface area contributed by atoms with Crippen molar-refractivity contribution in [1.29, 1.82) is 0 Å². The molecule has 0 heterocycles. The smallest absolute Gasteiger partial charge is 0.270 e. The van der Waals surface area contributed by atoms with E-state index in [0.717, 1.165) is 0 Å². The quantitative estimate of drug-likeness (QED) is 0.488. The van der Waals surface area contributed by atoms with Gasteiger partial charge in [-0.1, -0.05) is 19.9 Å². The van der Waals surface area contributed by atoms with Gasteiger partial charge in [0.15, 0.2) is 0 Å². The van der Waals surface area contributed by atoms with Crippen LogP contribution in [0, 0.1) is 10.1 Å². The van der Waals surface area contributed by atoms with Crippen LogP contribution in [-0.2, 0) is 4.79 Å². The second-order valence-corrected chi connectivity index (χ2v) is 5.68. The van der Waals surface area contributed by atoms with Gasteiger partial charge in [-0.15, -0.1) is 0 Å². The van der Waals surface area contributed by atoms with Gasteiger partial charge >= 0.3 is 0 Å². The molecule has 1 aromatic carbocycles. The second-order valence-electron chi connectivity index (χ2n) is 5.68. The Morgan fingerprint density at radius 3 is 2.46 bits per heavy atom. The lowest BCUT2D eigenvalue weighted by Crippen LogP contribution is -2.57. The summed E-state index contributed by atoms with van der Waals surface area (Å²) in [6.45, 7) is 5.72. The summed E-state index contributed by atoms with van der Waals surface area (Å²) in [5, 5.41) is 16.2. The maximum absolute atomic E-state index is 12.3. The van der Waals surface area contributed by atoms with Gasteiger partial charge in [0.05, 0.1) is 10.5 Å². The van der Waals surface area contributed by atoms with Crippen LogP contribution in [0.25, 0.3) is 0 Å². The minimum absolute atomic E-state index is 0.125. The molecular weight excluding hydrogens is 312 g/mol. The number of nitrogens with two attached hydrogens (primary N) is 1. The minimum Gasteiger partial charge on any atom is -0.348 e. The number of carbonyl (C=O) groups excluding carboxylic acids is 2. The van der Waals surface area contributed by atoms with Crippen LogP contribution >= 0.6 is 0 Å². The zero-order chi connectivity index (χ0) is 18.3. The van der Waals surface area contributed by atoms with Crippen molar-refractivity contribution in [3.05, 3.63) is 39.9 Å². The Hall–Kier alpha value is -2.48. The Labute approximate surface area is 140 Å². The lowest BCUT2D eigenvalue weighted by molar-refractivity contribution is -0.384. The molecule has 1 unspecified atom stereocenters. The van der Waals surface area contributed by atoms with Gasteiger partial charge in [-0.2, -0.15) is 0 Å². The molecule has 0 saturated carbocycles. The molecule has 0 aliphatic rings. The van der Waals surface area contributed by atoms with Crippen molar-refractivity contribution >= 4 is 17.5 Å². The van der Waals surface area contributed by atoms with E-state index in [-0.39, 0.29) is 17.2 Å². The van der Waals surface area contributed by atoms with E-state index >= 15 is 0 Å². The SMILES string of the molecule is CCC(CC)(CN)NC(=O)C(C)NC(=O)c1cccc([N+](=O)[O-])c1. The van der Waals surface area contributed by atoms with Gasteiger partial charge in [-0.25, -0.2) is 0 Å². The van der Waals surface area contributed by atoms with E-state index in [4.69, 9.17) is 5.73 Å². The maximum atomic E-state index is 12.3. The number of rotatable bonds is 8. The number of benzene rings is 1. The number of hydrogen-bond donors (Lipinski definition) is 3. The second kappa shape index (κ2) is 8.39. The molecule has 0 radical (unpaired) electrons. The normalized spacial score (nSPS) is 12.3. The maximum Gasteiger partial charge on any atom is 0.270 e. The van der Waals surface area contributed by atoms with E-state index in [1.54, 1.807) is 6.92 Å². The number of amides is 2. The average Bonchev–Trinajstić information content (AvgIpc) is 2.59. The molecule has 0 aliphatic carbocycles. The summed E-state index contributed by atoms with van der Waals surface area (Å²) in [7, 11) is 0. The lowest BCUT2D eigenvalue weighted by Gasteiger charge is -2.32. The summed E-state index contributed by atoms with van der Waals surface area (Å²) in [5.74, 6) is -0.893. The van der Waals surface area contributed by atoms with E-state index in [1.165, 1.54) is 24.3 Å². The van der Waals surface area contributed by atoms with Crippen molar-refractivity contribution in [3.63, 3.8) is 0 Å². The molecule has 0 bridgehead atoms. The third-order valence-electron chi connectivity index (χ3n) is 4.19. The fourth-order valence-electron chi connectivity index (χ4n) is 2.24. The molecule has 1 rings (SSSR count). The molecule has 0 fully saturated rings. The summed E-state index contributed by atoms with van der Waals surface area (Å²) in [6.07, 6.45) is 1.36. The molecule has 8 heteroatoms. The van der Waals surface area contributed by atoms with Gasteiger partial charge in [0.1, 0.15) is 6.04 Å². The Bertz CT molecular complexity index is 606. The highest BCUT2D eigenvalue weighted by Crippen LogP contribution is 2.14. The van der Waals surface area contributed by atoms with Crippen LogP contribution < -0.4 is 16.4 Å². The summed E-state index contributed by atoms with van der Waals surface area (Å²) < 4.78 is 0. The molecular formula is C16H24N4O4.